The summed E-state index contributed by atoms with van der Waals surface area (Å²) < 4.78 is 47.4. The lowest BCUT2D eigenvalue weighted by atomic mass is 9.78. The van der Waals surface area contributed by atoms with E-state index in [1.54, 1.807) is 11.4 Å². The van der Waals surface area contributed by atoms with Gasteiger partial charge in [-0.1, -0.05) is 94.1 Å². The molecule has 0 radical (unpaired) electrons. The maximum atomic E-state index is 13.3. The molecule has 2 aliphatic carbocycles. The van der Waals surface area contributed by atoms with Crippen molar-refractivity contribution in [2.45, 2.75) is 116 Å². The second-order valence-corrected chi connectivity index (χ2v) is 17.6. The number of alkyl halides is 3. The second kappa shape index (κ2) is 20.9. The molecule has 4 aliphatic rings. The van der Waals surface area contributed by atoms with E-state index in [0.29, 0.717) is 52.5 Å². The van der Waals surface area contributed by atoms with Crippen LogP contribution < -0.4 is 9.47 Å². The van der Waals surface area contributed by atoms with Crippen LogP contribution in [0, 0.1) is 11.8 Å². The lowest BCUT2D eigenvalue weighted by Crippen LogP contribution is -2.49. The highest BCUT2D eigenvalue weighted by Gasteiger charge is 2.38. The number of carbonyl (C=O) groups excluding carboxylic acids is 2. The third-order valence-corrected chi connectivity index (χ3v) is 13.9. The molecule has 2 aromatic heterocycles. The normalized spacial score (nSPS) is 21.1. The highest BCUT2D eigenvalue weighted by atomic mass is 32.1. The first-order valence-electron chi connectivity index (χ1n) is 21.9. The van der Waals surface area contributed by atoms with Crippen LogP contribution in [-0.2, 0) is 6.61 Å². The number of ether oxygens (including phenoxy) is 2. The third-order valence-electron chi connectivity index (χ3n) is 12.1. The molecule has 4 atom stereocenters. The summed E-state index contributed by atoms with van der Waals surface area (Å²) in [5.41, 5.74) is 3.51. The average molecular weight is 873 g/mol. The van der Waals surface area contributed by atoms with E-state index in [4.69, 9.17) is 9.72 Å². The Labute approximate surface area is 365 Å². The van der Waals surface area contributed by atoms with Gasteiger partial charge in [0.2, 0.25) is 0 Å². The van der Waals surface area contributed by atoms with Crippen LogP contribution in [0.15, 0.2) is 89.6 Å². The minimum absolute atomic E-state index is 0.0678. The number of halogens is 3. The fourth-order valence-electron chi connectivity index (χ4n) is 9.38. The topological polar surface area (TPSA) is 84.9 Å². The Morgan fingerprint density at radius 2 is 1.21 bits per heavy atom. The van der Waals surface area contributed by atoms with Crippen LogP contribution in [0.5, 0.6) is 11.5 Å². The molecule has 4 heterocycles. The van der Waals surface area contributed by atoms with E-state index in [-0.39, 0.29) is 17.6 Å². The van der Waals surface area contributed by atoms with Crippen molar-refractivity contribution in [3.8, 4) is 32.6 Å². The molecule has 5 aromatic rings. The number of rotatable bonds is 8. The number of carbonyl (C=O) groups is 2. The predicted octanol–water partition coefficient (Wildman–Crippen LogP) is 12.7. The van der Waals surface area contributed by atoms with Gasteiger partial charge in [0.25, 0.3) is 11.8 Å². The molecule has 9 rings (SSSR count). The zero-order chi connectivity index (χ0) is 42.8. The number of thiazole rings is 2. The Morgan fingerprint density at radius 1 is 0.672 bits per heavy atom. The maximum absolute atomic E-state index is 13.3. The van der Waals surface area contributed by atoms with Gasteiger partial charge in [0.1, 0.15) is 39.5 Å². The molecule has 0 bridgehead atoms. The summed E-state index contributed by atoms with van der Waals surface area (Å²) in [6, 6.07) is 24.5. The summed E-state index contributed by atoms with van der Waals surface area (Å²) in [7, 11) is 0. The molecular formula is C48H55F3N4O4S2. The van der Waals surface area contributed by atoms with E-state index in [1.165, 1.54) is 85.8 Å². The molecule has 4 fully saturated rings. The van der Waals surface area contributed by atoms with Gasteiger partial charge in [0.15, 0.2) is 0 Å². The molecule has 2 saturated heterocycles. The van der Waals surface area contributed by atoms with Crippen molar-refractivity contribution in [1.29, 1.82) is 0 Å². The van der Waals surface area contributed by atoms with Crippen LogP contribution in [0.2, 0.25) is 0 Å². The third kappa shape index (κ3) is 11.2. The SMILES string of the molecule is CC.O=C(c1csc(-c2cccc(OC(F)(F)F)c2)n1)N1CCCC2CCCCC21.O=C(c1csc(-c2ccccc2OCc2ccccc2)n1)N1CCCC2CCCCC21. The second-order valence-electron chi connectivity index (χ2n) is 15.9. The van der Waals surface area contributed by atoms with E-state index in [0.717, 1.165) is 67.1 Å². The number of aromatic nitrogens is 2. The van der Waals surface area contributed by atoms with E-state index in [2.05, 4.69) is 26.8 Å². The van der Waals surface area contributed by atoms with Gasteiger partial charge in [-0.2, -0.15) is 0 Å². The number of hydrogen-bond acceptors (Lipinski definition) is 8. The largest absolute Gasteiger partial charge is 0.573 e. The first-order chi connectivity index (χ1) is 29.7. The van der Waals surface area contributed by atoms with E-state index < -0.39 is 6.36 Å². The van der Waals surface area contributed by atoms with Gasteiger partial charge in [-0.05, 0) is 93.0 Å². The maximum Gasteiger partial charge on any atom is 0.573 e. The van der Waals surface area contributed by atoms with Crippen molar-refractivity contribution in [2.75, 3.05) is 13.1 Å². The van der Waals surface area contributed by atoms with Crippen molar-refractivity contribution in [1.82, 2.24) is 19.8 Å². The zero-order valence-corrected chi connectivity index (χ0v) is 36.6. The number of para-hydroxylation sites is 1. The number of likely N-dealkylation sites (tertiary alicyclic amines) is 2. The van der Waals surface area contributed by atoms with Gasteiger partial charge in [0, 0.05) is 41.5 Å². The summed E-state index contributed by atoms with van der Waals surface area (Å²) in [5.74, 6) is 1.79. The highest BCUT2D eigenvalue weighted by Crippen LogP contribution is 2.39. The molecule has 324 valence electrons. The first-order valence-corrected chi connectivity index (χ1v) is 23.6. The minimum atomic E-state index is -4.74. The number of hydrogen-bond donors (Lipinski definition) is 0. The molecule has 2 aliphatic heterocycles. The van der Waals surface area contributed by atoms with E-state index >= 15 is 0 Å². The number of fused-ring (bicyclic) bond motifs is 2. The quantitative estimate of drug-likeness (QED) is 0.154. The van der Waals surface area contributed by atoms with Crippen LogP contribution in [0.1, 0.15) is 117 Å². The van der Waals surface area contributed by atoms with Crippen LogP contribution in [0.3, 0.4) is 0 Å². The Balaban J connectivity index is 0.000000178. The minimum Gasteiger partial charge on any atom is -0.488 e. The van der Waals surface area contributed by atoms with Gasteiger partial charge >= 0.3 is 6.36 Å². The van der Waals surface area contributed by atoms with Crippen LogP contribution in [0.4, 0.5) is 13.2 Å². The molecule has 3 aromatic carbocycles. The van der Waals surface area contributed by atoms with Crippen molar-refractivity contribution in [3.05, 3.63) is 107 Å². The van der Waals surface area contributed by atoms with Gasteiger partial charge in [-0.3, -0.25) is 9.59 Å². The molecule has 13 heteroatoms. The number of piperidine rings is 2. The molecule has 0 N–H and O–H groups in total. The van der Waals surface area contributed by atoms with Gasteiger partial charge < -0.3 is 19.3 Å². The molecule has 4 unspecified atom stereocenters. The Kier molecular flexibility index (Phi) is 15.2. The molecule has 61 heavy (non-hydrogen) atoms. The van der Waals surface area contributed by atoms with E-state index in [1.807, 2.05) is 66.6 Å². The molecule has 2 amide bonds. The van der Waals surface area contributed by atoms with Crippen LogP contribution in [0.25, 0.3) is 21.1 Å². The van der Waals surface area contributed by atoms with Crippen molar-refractivity contribution in [2.24, 2.45) is 11.8 Å². The smallest absolute Gasteiger partial charge is 0.488 e. The molecule has 2 saturated carbocycles. The fourth-order valence-corrected chi connectivity index (χ4v) is 11.0. The number of amides is 2. The monoisotopic (exact) mass is 872 g/mol. The predicted molar refractivity (Wildman–Crippen MR) is 236 cm³/mol. The molecule has 0 spiro atoms. The number of benzene rings is 3. The summed E-state index contributed by atoms with van der Waals surface area (Å²) >= 11 is 2.78. The fraction of sp³-hybridized carbons (Fsp3) is 0.458. The Morgan fingerprint density at radius 3 is 1.84 bits per heavy atom. The van der Waals surface area contributed by atoms with Crippen molar-refractivity contribution in [3.63, 3.8) is 0 Å². The van der Waals surface area contributed by atoms with E-state index in [9.17, 15) is 22.8 Å². The lowest BCUT2D eigenvalue weighted by Gasteiger charge is -2.43. The van der Waals surface area contributed by atoms with Crippen LogP contribution in [-0.4, -0.2) is 63.1 Å². The Hall–Kier alpha value is -4.75. The van der Waals surface area contributed by atoms with Gasteiger partial charge in [-0.15, -0.1) is 35.8 Å². The summed E-state index contributed by atoms with van der Waals surface area (Å²) in [4.78, 5) is 39.6. The summed E-state index contributed by atoms with van der Waals surface area (Å²) in [6.45, 7) is 6.12. The zero-order valence-electron chi connectivity index (χ0n) is 34.9. The summed E-state index contributed by atoms with van der Waals surface area (Å²) in [6.07, 6.45) is 9.40. The highest BCUT2D eigenvalue weighted by molar-refractivity contribution is 7.13. The molecule has 8 nitrogen and oxygen atoms in total. The van der Waals surface area contributed by atoms with Crippen molar-refractivity contribution >= 4 is 34.5 Å². The standard InChI is InChI=1S/C26H28N2O2S.C20H21F3N2O2S.C2H6/c29-26(28-16-8-12-20-11-4-6-14-23(20)28)22-18-31-25(27-22)21-13-5-7-15-24(21)30-17-19-9-2-1-3-10-19;21-20(22,23)27-15-8-3-6-14(11-15)18-24-16(12-28-18)19(26)25-10-4-7-13-5-1-2-9-17(13)25;1-2/h1-3,5,7,9-10,13,15,18,20,23H,4,6,8,11-12,14,16-17H2;3,6,8,11-13,17H,1-2,4-5,7,9-10H2;1-2H3. The first kappa shape index (κ1) is 44.3. The molecular weight excluding hydrogens is 818 g/mol. The Bertz CT molecular complexity index is 2190. The lowest BCUT2D eigenvalue weighted by molar-refractivity contribution is -0.274. The van der Waals surface area contributed by atoms with Gasteiger partial charge in [0.05, 0.1) is 5.56 Å². The average Bonchev–Trinajstić information content (AvgIpc) is 4.00. The number of nitrogens with zero attached hydrogens (tertiary/aromatic N) is 4. The summed E-state index contributed by atoms with van der Waals surface area (Å²) in [5, 5.41) is 4.96. The van der Waals surface area contributed by atoms with Crippen molar-refractivity contribution < 1.29 is 32.2 Å². The van der Waals surface area contributed by atoms with Gasteiger partial charge in [-0.25, -0.2) is 9.97 Å². The van der Waals surface area contributed by atoms with Crippen LogP contribution >= 0.6 is 22.7 Å².